The minimum atomic E-state index is 0.628. The quantitative estimate of drug-likeness (QED) is 0.461. The number of nitrogens with zero attached hydrogens (tertiary/aromatic N) is 5. The van der Waals surface area contributed by atoms with Crippen molar-refractivity contribution < 1.29 is 9.47 Å². The van der Waals surface area contributed by atoms with E-state index < -0.39 is 0 Å². The average Bonchev–Trinajstić information content (AvgIpc) is 3.34. The molecule has 0 saturated heterocycles. The molecule has 0 aliphatic carbocycles. The van der Waals surface area contributed by atoms with Gasteiger partial charge in [-0.05, 0) is 30.3 Å². The van der Waals surface area contributed by atoms with Crippen LogP contribution in [0.5, 0.6) is 11.5 Å². The maximum Gasteiger partial charge on any atom is 0.235 e. The molecule has 8 heteroatoms. The molecule has 0 N–H and O–H groups in total. The first-order valence-electron chi connectivity index (χ1n) is 8.57. The van der Waals surface area contributed by atoms with E-state index in [1.165, 1.54) is 11.3 Å². The van der Waals surface area contributed by atoms with Crippen LogP contribution in [0.3, 0.4) is 0 Å². The summed E-state index contributed by atoms with van der Waals surface area (Å²) in [5.41, 5.74) is 2.59. The maximum absolute atomic E-state index is 5.39. The molecular formula is C20H15N5O2S. The van der Waals surface area contributed by atoms with Crippen LogP contribution in [-0.4, -0.2) is 39.0 Å². The topological polar surface area (TPSA) is 74.4 Å². The maximum atomic E-state index is 5.39. The van der Waals surface area contributed by atoms with E-state index in [1.807, 2.05) is 48.5 Å². The molecule has 0 unspecified atom stereocenters. The van der Waals surface area contributed by atoms with Gasteiger partial charge >= 0.3 is 0 Å². The normalized spacial score (nSPS) is 11.2. The molecule has 0 bridgehead atoms. The van der Waals surface area contributed by atoms with Gasteiger partial charge in [0.1, 0.15) is 5.69 Å². The van der Waals surface area contributed by atoms with Gasteiger partial charge in [0, 0.05) is 10.9 Å². The molecule has 3 aromatic heterocycles. The SMILES string of the molecule is COc1ccc(-c2nnc3sc(-c4ccc5ccccc5n4)nn23)cc1OC. The lowest BCUT2D eigenvalue weighted by Gasteiger charge is -2.08. The van der Waals surface area contributed by atoms with Gasteiger partial charge < -0.3 is 9.47 Å². The summed E-state index contributed by atoms with van der Waals surface area (Å²) in [7, 11) is 3.21. The van der Waals surface area contributed by atoms with E-state index in [4.69, 9.17) is 19.6 Å². The van der Waals surface area contributed by atoms with Crippen LogP contribution in [0.1, 0.15) is 0 Å². The number of rotatable bonds is 4. The third kappa shape index (κ3) is 2.66. The van der Waals surface area contributed by atoms with Gasteiger partial charge in [0.15, 0.2) is 22.3 Å². The Morgan fingerprint density at radius 3 is 2.61 bits per heavy atom. The van der Waals surface area contributed by atoms with Crippen molar-refractivity contribution in [1.29, 1.82) is 0 Å². The Labute approximate surface area is 164 Å². The largest absolute Gasteiger partial charge is 0.493 e. The van der Waals surface area contributed by atoms with Gasteiger partial charge in [-0.15, -0.1) is 10.2 Å². The summed E-state index contributed by atoms with van der Waals surface area (Å²) in [6.07, 6.45) is 0. The predicted octanol–water partition coefficient (Wildman–Crippen LogP) is 4.09. The third-order valence-electron chi connectivity index (χ3n) is 4.45. The van der Waals surface area contributed by atoms with Gasteiger partial charge in [-0.3, -0.25) is 0 Å². The Kier molecular flexibility index (Phi) is 3.91. The second-order valence-electron chi connectivity index (χ2n) is 6.08. The van der Waals surface area contributed by atoms with Crippen LogP contribution in [0.25, 0.3) is 38.0 Å². The van der Waals surface area contributed by atoms with Crippen LogP contribution in [0.2, 0.25) is 0 Å². The number of ether oxygens (including phenoxy) is 2. The summed E-state index contributed by atoms with van der Waals surface area (Å²) in [5.74, 6) is 1.92. The van der Waals surface area contributed by atoms with Gasteiger partial charge in [0.2, 0.25) is 4.96 Å². The van der Waals surface area contributed by atoms with Crippen molar-refractivity contribution in [2.75, 3.05) is 14.2 Å². The molecule has 0 aliphatic rings. The Bertz CT molecular complexity index is 1310. The second-order valence-corrected chi connectivity index (χ2v) is 7.04. The van der Waals surface area contributed by atoms with E-state index in [1.54, 1.807) is 18.7 Å². The zero-order chi connectivity index (χ0) is 19.1. The monoisotopic (exact) mass is 389 g/mol. The summed E-state index contributed by atoms with van der Waals surface area (Å²) < 4.78 is 12.4. The van der Waals surface area contributed by atoms with Gasteiger partial charge in [-0.1, -0.05) is 35.6 Å². The summed E-state index contributed by atoms with van der Waals surface area (Å²) in [5, 5.41) is 15.1. The molecule has 0 aliphatic heterocycles. The fourth-order valence-electron chi connectivity index (χ4n) is 3.06. The molecule has 2 aromatic carbocycles. The zero-order valence-corrected chi connectivity index (χ0v) is 16.0. The van der Waals surface area contributed by atoms with Gasteiger partial charge in [0.25, 0.3) is 0 Å². The first-order chi connectivity index (χ1) is 13.8. The number of para-hydroxylation sites is 1. The Morgan fingerprint density at radius 1 is 0.893 bits per heavy atom. The lowest BCUT2D eigenvalue weighted by molar-refractivity contribution is 0.355. The summed E-state index contributed by atoms with van der Waals surface area (Å²) in [6, 6.07) is 17.7. The van der Waals surface area contributed by atoms with Crippen molar-refractivity contribution >= 4 is 27.2 Å². The highest BCUT2D eigenvalue weighted by Gasteiger charge is 2.17. The van der Waals surface area contributed by atoms with Crippen molar-refractivity contribution in [3.63, 3.8) is 0 Å². The predicted molar refractivity (Wildman–Crippen MR) is 108 cm³/mol. The number of fused-ring (bicyclic) bond motifs is 2. The molecule has 28 heavy (non-hydrogen) atoms. The lowest BCUT2D eigenvalue weighted by Crippen LogP contribution is -1.94. The Balaban J connectivity index is 1.60. The average molecular weight is 389 g/mol. The van der Waals surface area contributed by atoms with Crippen LogP contribution in [0.15, 0.2) is 54.6 Å². The first kappa shape index (κ1) is 16.6. The molecule has 138 valence electrons. The van der Waals surface area contributed by atoms with Gasteiger partial charge in [-0.2, -0.15) is 9.61 Å². The second kappa shape index (κ2) is 6.58. The summed E-state index contributed by atoms with van der Waals surface area (Å²) >= 11 is 1.45. The van der Waals surface area contributed by atoms with Crippen molar-refractivity contribution in [2.24, 2.45) is 0 Å². The van der Waals surface area contributed by atoms with E-state index in [9.17, 15) is 0 Å². The molecule has 7 nitrogen and oxygen atoms in total. The minimum absolute atomic E-state index is 0.628. The Hall–Kier alpha value is -3.52. The summed E-state index contributed by atoms with van der Waals surface area (Å²) in [6.45, 7) is 0. The van der Waals surface area contributed by atoms with Crippen molar-refractivity contribution in [3.05, 3.63) is 54.6 Å². The van der Waals surface area contributed by atoms with Crippen molar-refractivity contribution in [2.45, 2.75) is 0 Å². The van der Waals surface area contributed by atoms with E-state index >= 15 is 0 Å². The highest BCUT2D eigenvalue weighted by molar-refractivity contribution is 7.19. The fourth-order valence-corrected chi connectivity index (χ4v) is 3.87. The van der Waals surface area contributed by atoms with Gasteiger partial charge in [-0.25, -0.2) is 4.98 Å². The number of pyridine rings is 1. The number of aromatic nitrogens is 5. The molecule has 0 saturated carbocycles. The molecule has 0 atom stereocenters. The number of benzene rings is 2. The third-order valence-corrected chi connectivity index (χ3v) is 5.37. The smallest absolute Gasteiger partial charge is 0.235 e. The van der Waals surface area contributed by atoms with Crippen LogP contribution in [0.4, 0.5) is 0 Å². The van der Waals surface area contributed by atoms with Crippen molar-refractivity contribution in [3.8, 4) is 33.6 Å². The lowest BCUT2D eigenvalue weighted by atomic mass is 10.2. The number of hydrogen-bond donors (Lipinski definition) is 0. The minimum Gasteiger partial charge on any atom is -0.493 e. The fraction of sp³-hybridized carbons (Fsp3) is 0.100. The van der Waals surface area contributed by atoms with Crippen LogP contribution in [-0.2, 0) is 0 Å². The van der Waals surface area contributed by atoms with E-state index in [-0.39, 0.29) is 0 Å². The standard InChI is InChI=1S/C20H15N5O2S/c1-26-16-10-8-13(11-17(16)27-2)18-22-23-20-25(18)24-19(28-20)15-9-7-12-5-3-4-6-14(12)21-15/h3-11H,1-2H3. The Morgan fingerprint density at radius 2 is 1.75 bits per heavy atom. The van der Waals surface area contributed by atoms with E-state index in [0.717, 1.165) is 27.2 Å². The zero-order valence-electron chi connectivity index (χ0n) is 15.2. The number of hydrogen-bond acceptors (Lipinski definition) is 7. The van der Waals surface area contributed by atoms with E-state index in [0.29, 0.717) is 22.3 Å². The highest BCUT2D eigenvalue weighted by atomic mass is 32.1. The molecule has 0 spiro atoms. The number of methoxy groups -OCH3 is 2. The van der Waals surface area contributed by atoms with E-state index in [2.05, 4.69) is 16.3 Å². The molecule has 0 amide bonds. The van der Waals surface area contributed by atoms with Crippen LogP contribution < -0.4 is 9.47 Å². The van der Waals surface area contributed by atoms with Crippen molar-refractivity contribution in [1.82, 2.24) is 24.8 Å². The highest BCUT2D eigenvalue weighted by Crippen LogP contribution is 2.33. The molecule has 5 aromatic rings. The van der Waals surface area contributed by atoms with Gasteiger partial charge in [0.05, 0.1) is 19.7 Å². The molecular weight excluding hydrogens is 374 g/mol. The molecule has 0 radical (unpaired) electrons. The molecule has 0 fully saturated rings. The molecule has 5 rings (SSSR count). The first-order valence-corrected chi connectivity index (χ1v) is 9.39. The summed E-state index contributed by atoms with van der Waals surface area (Å²) in [4.78, 5) is 5.43. The van der Waals surface area contributed by atoms with Crippen LogP contribution in [0, 0.1) is 0 Å². The van der Waals surface area contributed by atoms with Crippen LogP contribution >= 0.6 is 11.3 Å². The molecule has 3 heterocycles.